The molecule has 2 saturated carbocycles. The summed E-state index contributed by atoms with van der Waals surface area (Å²) in [4.78, 5) is 44.7. The lowest BCUT2D eigenvalue weighted by molar-refractivity contribution is -0.124. The van der Waals surface area contributed by atoms with Crippen LogP contribution in [0.2, 0.25) is 0 Å². The Morgan fingerprint density at radius 3 is 2.25 bits per heavy atom. The molecule has 3 fully saturated rings. The van der Waals surface area contributed by atoms with E-state index in [0.717, 1.165) is 23.1 Å². The number of nitrogens with zero attached hydrogens (tertiary/aromatic N) is 2. The number of benzene rings is 1. The average Bonchev–Trinajstić information content (AvgIpc) is 3.58. The van der Waals surface area contributed by atoms with Gasteiger partial charge in [-0.2, -0.15) is 0 Å². The molecule has 2 aromatic rings. The summed E-state index contributed by atoms with van der Waals surface area (Å²) in [6, 6.07) is 9.42. The number of imide groups is 1. The van der Waals surface area contributed by atoms with Crippen LogP contribution in [0.15, 0.2) is 48.7 Å². The van der Waals surface area contributed by atoms with E-state index in [4.69, 9.17) is 0 Å². The zero-order chi connectivity index (χ0) is 22.1. The van der Waals surface area contributed by atoms with E-state index in [-0.39, 0.29) is 41.3 Å². The second kappa shape index (κ2) is 6.96. The Balaban J connectivity index is 1.15. The number of aryl methyl sites for hydroxylation is 3. The molecule has 5 nitrogen and oxygen atoms in total. The minimum Gasteiger partial charge on any atom is -0.294 e. The summed E-state index contributed by atoms with van der Waals surface area (Å²) < 4.78 is 0. The van der Waals surface area contributed by atoms with Gasteiger partial charge in [-0.25, -0.2) is 9.88 Å². The van der Waals surface area contributed by atoms with Crippen molar-refractivity contribution in [1.29, 1.82) is 0 Å². The maximum atomic E-state index is 13.2. The van der Waals surface area contributed by atoms with Crippen LogP contribution in [0.25, 0.3) is 0 Å². The number of carbonyl (C=O) groups excluding carboxylic acids is 3. The number of rotatable bonds is 5. The first kappa shape index (κ1) is 19.6. The van der Waals surface area contributed by atoms with Gasteiger partial charge in [-0.3, -0.25) is 14.4 Å². The van der Waals surface area contributed by atoms with Gasteiger partial charge >= 0.3 is 0 Å². The Hall–Kier alpha value is -3.08. The van der Waals surface area contributed by atoms with E-state index in [1.54, 1.807) is 12.3 Å². The summed E-state index contributed by atoms with van der Waals surface area (Å²) in [5.74, 6) is 1.53. The maximum Gasteiger partial charge on any atom is 0.239 e. The fraction of sp³-hybridized carbons (Fsp3) is 0.407. The first-order chi connectivity index (χ1) is 15.4. The van der Waals surface area contributed by atoms with Gasteiger partial charge in [0.2, 0.25) is 11.8 Å². The van der Waals surface area contributed by atoms with Gasteiger partial charge in [0.05, 0.1) is 11.8 Å². The van der Waals surface area contributed by atoms with Crippen LogP contribution < -0.4 is 4.90 Å². The van der Waals surface area contributed by atoms with E-state index in [0.29, 0.717) is 30.5 Å². The summed E-state index contributed by atoms with van der Waals surface area (Å²) in [5.41, 5.74) is 3.94. The molecule has 162 valence electrons. The van der Waals surface area contributed by atoms with E-state index in [1.807, 2.05) is 38.1 Å². The molecule has 2 bridgehead atoms. The predicted molar refractivity (Wildman–Crippen MR) is 120 cm³/mol. The molecule has 2 amide bonds. The highest BCUT2D eigenvalue weighted by atomic mass is 16.2. The lowest BCUT2D eigenvalue weighted by atomic mass is 9.63. The Bertz CT molecular complexity index is 1150. The third-order valence-electron chi connectivity index (χ3n) is 8.17. The van der Waals surface area contributed by atoms with Gasteiger partial charge in [-0.1, -0.05) is 30.4 Å². The molecule has 1 saturated heterocycles. The second-order valence-electron chi connectivity index (χ2n) is 9.91. The van der Waals surface area contributed by atoms with Crippen molar-refractivity contribution in [2.75, 3.05) is 4.90 Å². The normalized spacial score (nSPS) is 31.6. The first-order valence-corrected chi connectivity index (χ1v) is 11.6. The van der Waals surface area contributed by atoms with Crippen molar-refractivity contribution in [2.45, 2.75) is 33.1 Å². The summed E-state index contributed by atoms with van der Waals surface area (Å²) >= 11 is 0. The summed E-state index contributed by atoms with van der Waals surface area (Å²) in [5, 5.41) is 0. The van der Waals surface area contributed by atoms with E-state index in [1.165, 1.54) is 10.5 Å². The predicted octanol–water partition coefficient (Wildman–Crippen LogP) is 4.07. The molecule has 1 aromatic carbocycles. The molecule has 7 rings (SSSR count). The lowest BCUT2D eigenvalue weighted by Gasteiger charge is -2.37. The molecule has 5 heteroatoms. The fourth-order valence-electron chi connectivity index (χ4n) is 6.20. The van der Waals surface area contributed by atoms with Gasteiger partial charge in [-0.15, -0.1) is 0 Å². The highest BCUT2D eigenvalue weighted by molar-refractivity contribution is 6.22. The summed E-state index contributed by atoms with van der Waals surface area (Å²) in [7, 11) is 0. The third-order valence-corrected chi connectivity index (χ3v) is 8.17. The van der Waals surface area contributed by atoms with Gasteiger partial charge in [0, 0.05) is 18.2 Å². The van der Waals surface area contributed by atoms with Crippen LogP contribution in [-0.4, -0.2) is 22.6 Å². The van der Waals surface area contributed by atoms with Gasteiger partial charge in [0.15, 0.2) is 5.78 Å². The number of Topliss-reactive ketones (excluding diaryl/α,β-unsaturated/α-hetero) is 1. The largest absolute Gasteiger partial charge is 0.294 e. The lowest BCUT2D eigenvalue weighted by Crippen LogP contribution is -2.40. The molecule has 4 aliphatic carbocycles. The summed E-state index contributed by atoms with van der Waals surface area (Å²) in [6.45, 7) is 4.04. The number of hydrogen-bond acceptors (Lipinski definition) is 4. The highest BCUT2D eigenvalue weighted by Crippen LogP contribution is 2.65. The summed E-state index contributed by atoms with van der Waals surface area (Å²) in [6.07, 6.45) is 8.17. The quantitative estimate of drug-likeness (QED) is 0.411. The van der Waals surface area contributed by atoms with Crippen LogP contribution in [0.5, 0.6) is 0 Å². The second-order valence-corrected chi connectivity index (χ2v) is 9.91. The minimum absolute atomic E-state index is 0.0881. The Labute approximate surface area is 187 Å². The molecule has 1 aliphatic heterocycles. The SMILES string of the molecule is Cc1ccc(C(=O)CCc2ccc(N3C(=O)C4C5C=CC(C6CC56)C4C3=O)nc2)cc1C. The monoisotopic (exact) mass is 426 g/mol. The Kier molecular flexibility index (Phi) is 4.26. The Morgan fingerprint density at radius 1 is 0.969 bits per heavy atom. The standard InChI is InChI=1S/C27H26N2O3/c1-14-3-6-17(11-15(14)2)22(30)9-4-16-5-10-23(28-13-16)29-26(31)24-18-7-8-19(21-12-20(18)21)25(24)27(29)32/h3,5-8,10-11,13,18-21,24-25H,4,9,12H2,1-2H3. The highest BCUT2D eigenvalue weighted by Gasteiger charge is 2.67. The van der Waals surface area contributed by atoms with Crippen molar-refractivity contribution < 1.29 is 14.4 Å². The number of hydrogen-bond donors (Lipinski definition) is 0. The van der Waals surface area contributed by atoms with Gasteiger partial charge in [0.1, 0.15) is 5.82 Å². The maximum absolute atomic E-state index is 13.2. The first-order valence-electron chi connectivity index (χ1n) is 11.6. The van der Waals surface area contributed by atoms with Crippen LogP contribution >= 0.6 is 0 Å². The molecule has 2 heterocycles. The van der Waals surface area contributed by atoms with Crippen molar-refractivity contribution >= 4 is 23.4 Å². The molecule has 0 N–H and O–H groups in total. The molecule has 6 atom stereocenters. The molecule has 6 unspecified atom stereocenters. The Morgan fingerprint density at radius 2 is 1.66 bits per heavy atom. The van der Waals surface area contributed by atoms with Crippen LogP contribution in [0.3, 0.4) is 0 Å². The number of aromatic nitrogens is 1. The van der Waals surface area contributed by atoms with Gasteiger partial charge in [-0.05, 0) is 79.2 Å². The zero-order valence-corrected chi connectivity index (χ0v) is 18.3. The third kappa shape index (κ3) is 2.83. The number of pyridine rings is 1. The number of ketones is 1. The molecule has 0 radical (unpaired) electrons. The van der Waals surface area contributed by atoms with Crippen LogP contribution in [0, 0.1) is 49.4 Å². The topological polar surface area (TPSA) is 67.3 Å². The molecule has 1 aromatic heterocycles. The van der Waals surface area contributed by atoms with E-state index in [9.17, 15) is 14.4 Å². The van der Waals surface area contributed by atoms with Gasteiger partial charge in [0.25, 0.3) is 0 Å². The van der Waals surface area contributed by atoms with Crippen molar-refractivity contribution in [1.82, 2.24) is 4.98 Å². The van der Waals surface area contributed by atoms with Crippen LogP contribution in [0.1, 0.15) is 39.9 Å². The van der Waals surface area contributed by atoms with Gasteiger partial charge < -0.3 is 0 Å². The fourth-order valence-corrected chi connectivity index (χ4v) is 6.20. The van der Waals surface area contributed by atoms with Crippen molar-refractivity contribution in [3.63, 3.8) is 0 Å². The van der Waals surface area contributed by atoms with Crippen molar-refractivity contribution in [2.24, 2.45) is 35.5 Å². The smallest absolute Gasteiger partial charge is 0.239 e. The van der Waals surface area contributed by atoms with Crippen molar-refractivity contribution in [3.8, 4) is 0 Å². The van der Waals surface area contributed by atoms with Crippen LogP contribution in [0.4, 0.5) is 5.82 Å². The molecule has 32 heavy (non-hydrogen) atoms. The number of carbonyl (C=O) groups is 3. The van der Waals surface area contributed by atoms with E-state index in [2.05, 4.69) is 17.1 Å². The molecular formula is C27H26N2O3. The van der Waals surface area contributed by atoms with Crippen LogP contribution in [-0.2, 0) is 16.0 Å². The molecular weight excluding hydrogens is 400 g/mol. The molecule has 5 aliphatic rings. The average molecular weight is 427 g/mol. The van der Waals surface area contributed by atoms with E-state index >= 15 is 0 Å². The number of anilines is 1. The van der Waals surface area contributed by atoms with E-state index < -0.39 is 0 Å². The minimum atomic E-state index is -0.210. The zero-order valence-electron chi connectivity index (χ0n) is 18.3. The van der Waals surface area contributed by atoms with Crippen molar-refractivity contribution in [3.05, 3.63) is 70.9 Å². The number of allylic oxidation sites excluding steroid dienone is 2. The number of amides is 2. The molecule has 0 spiro atoms.